The van der Waals surface area contributed by atoms with Gasteiger partial charge in [-0.15, -0.1) is 11.3 Å². The van der Waals surface area contributed by atoms with Crippen molar-refractivity contribution < 1.29 is 9.18 Å². The van der Waals surface area contributed by atoms with Crippen molar-refractivity contribution in [2.75, 3.05) is 0 Å². The highest BCUT2D eigenvalue weighted by Gasteiger charge is 2.28. The molecule has 1 saturated carbocycles. The van der Waals surface area contributed by atoms with Crippen LogP contribution >= 0.6 is 11.3 Å². The highest BCUT2D eigenvalue weighted by molar-refractivity contribution is 7.15. The topological polar surface area (TPSA) is 78.7 Å². The lowest BCUT2D eigenvalue weighted by atomic mass is 9.75. The summed E-state index contributed by atoms with van der Waals surface area (Å²) in [5, 5.41) is 13.8. The molecule has 1 N–H and O–H groups in total. The number of fused-ring (bicyclic) bond motifs is 1. The number of pyridine rings is 1. The minimum Gasteiger partial charge on any atom is -0.349 e. The van der Waals surface area contributed by atoms with E-state index in [9.17, 15) is 9.18 Å². The van der Waals surface area contributed by atoms with Crippen LogP contribution in [0.5, 0.6) is 0 Å². The molecule has 2 heterocycles. The van der Waals surface area contributed by atoms with Gasteiger partial charge in [-0.05, 0) is 86.4 Å². The number of nitrogens with one attached hydrogen (secondary N) is 1. The third-order valence-electron chi connectivity index (χ3n) is 7.02. The molecule has 176 valence electrons. The van der Waals surface area contributed by atoms with Crippen LogP contribution in [0.4, 0.5) is 4.39 Å². The fraction of sp³-hybridized carbons (Fsp3) is 0.286. The third-order valence-corrected chi connectivity index (χ3v) is 7.98. The molecular formula is C28H25FN4OS. The minimum absolute atomic E-state index is 0.0619. The van der Waals surface area contributed by atoms with Crippen molar-refractivity contribution in [3.05, 3.63) is 82.7 Å². The molecule has 5 nitrogen and oxygen atoms in total. The van der Waals surface area contributed by atoms with Gasteiger partial charge >= 0.3 is 0 Å². The lowest BCUT2D eigenvalue weighted by molar-refractivity contribution is 0.0918. The summed E-state index contributed by atoms with van der Waals surface area (Å²) in [5.41, 5.74) is 3.50. The van der Waals surface area contributed by atoms with Crippen molar-refractivity contribution in [1.82, 2.24) is 15.3 Å². The Labute approximate surface area is 207 Å². The predicted molar refractivity (Wildman–Crippen MR) is 136 cm³/mol. The zero-order valence-electron chi connectivity index (χ0n) is 19.4. The average molecular weight is 485 g/mol. The lowest BCUT2D eigenvalue weighted by Crippen LogP contribution is -2.39. The number of hydrogen-bond donors (Lipinski definition) is 1. The Kier molecular flexibility index (Phi) is 6.56. The summed E-state index contributed by atoms with van der Waals surface area (Å²) in [6, 6.07) is 16.3. The number of hydrogen-bond acceptors (Lipinski definition) is 5. The Morgan fingerprint density at radius 1 is 1.11 bits per heavy atom. The van der Waals surface area contributed by atoms with Gasteiger partial charge in [0, 0.05) is 28.8 Å². The van der Waals surface area contributed by atoms with Gasteiger partial charge in [-0.3, -0.25) is 9.78 Å². The second-order valence-corrected chi connectivity index (χ2v) is 10.2. The molecule has 0 aliphatic heterocycles. The summed E-state index contributed by atoms with van der Waals surface area (Å²) in [7, 11) is 0. The molecule has 1 fully saturated rings. The normalized spacial score (nSPS) is 18.7. The van der Waals surface area contributed by atoms with Gasteiger partial charge in [-0.1, -0.05) is 12.1 Å². The number of nitrogens with zero attached hydrogens (tertiary/aromatic N) is 3. The van der Waals surface area contributed by atoms with Crippen LogP contribution in [0.3, 0.4) is 0 Å². The summed E-state index contributed by atoms with van der Waals surface area (Å²) < 4.78 is 13.9. The fourth-order valence-electron chi connectivity index (χ4n) is 5.06. The maximum atomic E-state index is 13.9. The van der Waals surface area contributed by atoms with E-state index in [1.54, 1.807) is 30.5 Å². The SMILES string of the molecule is C[C@@H](NC(=O)c1ccc(-c2ncc(C#N)s2)cc1)C1CCC(c2ccnc3ccc(F)cc23)CC1. The first kappa shape index (κ1) is 23.1. The quantitative estimate of drug-likeness (QED) is 0.352. The van der Waals surface area contributed by atoms with Crippen molar-refractivity contribution in [3.8, 4) is 16.6 Å². The minimum atomic E-state index is -0.233. The number of carbonyl (C=O) groups is 1. The number of amides is 1. The average Bonchev–Trinajstić information content (AvgIpc) is 3.38. The van der Waals surface area contributed by atoms with E-state index >= 15 is 0 Å². The van der Waals surface area contributed by atoms with Crippen LogP contribution in [0.1, 0.15) is 59.3 Å². The fourth-order valence-corrected chi connectivity index (χ4v) is 5.78. The maximum Gasteiger partial charge on any atom is 0.251 e. The second kappa shape index (κ2) is 9.93. The van der Waals surface area contributed by atoms with Crippen molar-refractivity contribution in [3.63, 3.8) is 0 Å². The summed E-state index contributed by atoms with van der Waals surface area (Å²) in [6.07, 6.45) is 7.41. The van der Waals surface area contributed by atoms with Gasteiger partial charge in [-0.2, -0.15) is 5.26 Å². The highest BCUT2D eigenvalue weighted by atomic mass is 32.1. The molecule has 1 atom stereocenters. The van der Waals surface area contributed by atoms with E-state index in [0.717, 1.165) is 47.2 Å². The van der Waals surface area contributed by atoms with Crippen LogP contribution < -0.4 is 5.32 Å². The van der Waals surface area contributed by atoms with E-state index in [2.05, 4.69) is 28.3 Å². The van der Waals surface area contributed by atoms with Crippen molar-refractivity contribution in [2.45, 2.75) is 44.6 Å². The smallest absolute Gasteiger partial charge is 0.251 e. The van der Waals surface area contributed by atoms with Gasteiger partial charge in [0.25, 0.3) is 5.91 Å². The molecule has 0 unspecified atom stereocenters. The highest BCUT2D eigenvalue weighted by Crippen LogP contribution is 2.39. The van der Waals surface area contributed by atoms with Crippen LogP contribution in [-0.2, 0) is 0 Å². The van der Waals surface area contributed by atoms with Crippen molar-refractivity contribution in [2.24, 2.45) is 5.92 Å². The number of rotatable bonds is 5. The lowest BCUT2D eigenvalue weighted by Gasteiger charge is -2.33. The molecule has 7 heteroatoms. The Bertz CT molecular complexity index is 1400. The van der Waals surface area contributed by atoms with Crippen LogP contribution in [0, 0.1) is 23.1 Å². The van der Waals surface area contributed by atoms with Gasteiger partial charge in [0.1, 0.15) is 21.8 Å². The molecule has 2 aromatic carbocycles. The van der Waals surface area contributed by atoms with Gasteiger partial charge in [-0.25, -0.2) is 9.37 Å². The standard InChI is InChI=1S/C28H25FN4OS/c1-17(33-27(34)20-6-8-21(9-7-20)28-32-16-23(15-30)35-28)18-2-4-19(5-3-18)24-12-13-31-26-11-10-22(29)14-25(24)26/h6-14,16-19H,2-5H2,1H3,(H,33,34)/t17-,18?,19?/m1/s1. The number of carbonyl (C=O) groups excluding carboxylic acids is 1. The Balaban J connectivity index is 1.19. The van der Waals surface area contributed by atoms with E-state index in [1.807, 2.05) is 24.4 Å². The van der Waals surface area contributed by atoms with E-state index in [1.165, 1.54) is 23.0 Å². The van der Waals surface area contributed by atoms with Gasteiger partial charge in [0.15, 0.2) is 0 Å². The zero-order valence-corrected chi connectivity index (χ0v) is 20.2. The predicted octanol–water partition coefficient (Wildman–Crippen LogP) is 6.46. The number of halogens is 1. The molecule has 1 aliphatic rings. The van der Waals surface area contributed by atoms with Crippen molar-refractivity contribution >= 4 is 28.1 Å². The summed E-state index contributed by atoms with van der Waals surface area (Å²) >= 11 is 1.33. The Morgan fingerprint density at radius 3 is 2.60 bits per heavy atom. The molecular weight excluding hydrogens is 459 g/mol. The summed E-state index contributed by atoms with van der Waals surface area (Å²) in [4.78, 5) is 22.1. The zero-order chi connectivity index (χ0) is 24.4. The Hall–Kier alpha value is -3.63. The van der Waals surface area contributed by atoms with Crippen LogP contribution in [0.25, 0.3) is 21.5 Å². The van der Waals surface area contributed by atoms with Gasteiger partial charge < -0.3 is 5.32 Å². The molecule has 1 amide bonds. The van der Waals surface area contributed by atoms with Crippen LogP contribution in [0.2, 0.25) is 0 Å². The largest absolute Gasteiger partial charge is 0.349 e. The van der Waals surface area contributed by atoms with Gasteiger partial charge in [0.2, 0.25) is 0 Å². The first-order valence-corrected chi connectivity index (χ1v) is 12.6. The molecule has 5 rings (SSSR count). The molecule has 2 aromatic heterocycles. The maximum absolute atomic E-state index is 13.9. The van der Waals surface area contributed by atoms with Crippen molar-refractivity contribution in [1.29, 1.82) is 5.26 Å². The number of benzene rings is 2. The molecule has 35 heavy (non-hydrogen) atoms. The number of aromatic nitrogens is 2. The molecule has 0 radical (unpaired) electrons. The van der Waals surface area contributed by atoms with Gasteiger partial charge in [0.05, 0.1) is 11.7 Å². The molecule has 0 saturated heterocycles. The number of nitriles is 1. The van der Waals surface area contributed by atoms with E-state index in [4.69, 9.17) is 5.26 Å². The third kappa shape index (κ3) is 4.94. The summed E-state index contributed by atoms with van der Waals surface area (Å²) in [5.74, 6) is 0.461. The molecule has 0 spiro atoms. The molecule has 0 bridgehead atoms. The summed E-state index contributed by atoms with van der Waals surface area (Å²) in [6.45, 7) is 2.08. The van der Waals surface area contributed by atoms with Crippen LogP contribution in [-0.4, -0.2) is 21.9 Å². The number of thiazole rings is 1. The van der Waals surface area contributed by atoms with E-state index in [-0.39, 0.29) is 17.8 Å². The Morgan fingerprint density at radius 2 is 1.89 bits per heavy atom. The van der Waals surface area contributed by atoms with Crippen LogP contribution in [0.15, 0.2) is 60.9 Å². The second-order valence-electron chi connectivity index (χ2n) is 9.15. The molecule has 4 aromatic rings. The first-order chi connectivity index (χ1) is 17.0. The van der Waals surface area contributed by atoms with E-state index < -0.39 is 0 Å². The van der Waals surface area contributed by atoms with E-state index in [0.29, 0.717) is 22.3 Å². The monoisotopic (exact) mass is 484 g/mol. The first-order valence-electron chi connectivity index (χ1n) is 11.8. The molecule has 1 aliphatic carbocycles.